The molecule has 32 heavy (non-hydrogen) atoms. The van der Waals surface area contributed by atoms with Gasteiger partial charge in [-0.1, -0.05) is 15.9 Å². The predicted octanol–water partition coefficient (Wildman–Crippen LogP) is 6.33. The lowest BCUT2D eigenvalue weighted by atomic mass is 9.97. The van der Waals surface area contributed by atoms with E-state index < -0.39 is 57.5 Å². The SMILES string of the molecule is C[C@H]1[C@@H](c2cc(C(F)(F)F)cc(C(F)(F)F)c2)OC[N+]1([O-])Cc1cc([N+](=O)[O-])ccc1Br. The molecule has 0 N–H and O–H groups in total. The zero-order chi connectivity index (χ0) is 24.1. The summed E-state index contributed by atoms with van der Waals surface area (Å²) in [6, 6.07) is 3.75. The fraction of sp³-hybridized carbons (Fsp3) is 0.368. The van der Waals surface area contributed by atoms with E-state index in [-0.39, 0.29) is 23.9 Å². The second kappa shape index (κ2) is 8.28. The van der Waals surface area contributed by atoms with E-state index >= 15 is 0 Å². The highest BCUT2D eigenvalue weighted by atomic mass is 79.9. The minimum atomic E-state index is -5.03. The molecule has 0 bridgehead atoms. The van der Waals surface area contributed by atoms with E-state index in [1.807, 2.05) is 0 Å². The number of quaternary nitrogens is 1. The number of halogens is 7. The van der Waals surface area contributed by atoms with Crippen molar-refractivity contribution < 1.29 is 40.6 Å². The van der Waals surface area contributed by atoms with Crippen molar-refractivity contribution >= 4 is 21.6 Å². The van der Waals surface area contributed by atoms with Gasteiger partial charge < -0.3 is 14.6 Å². The Morgan fingerprint density at radius 1 is 1.09 bits per heavy atom. The first-order valence-corrected chi connectivity index (χ1v) is 9.83. The highest BCUT2D eigenvalue weighted by Gasteiger charge is 2.44. The van der Waals surface area contributed by atoms with Crippen molar-refractivity contribution in [3.63, 3.8) is 0 Å². The number of hydrogen-bond acceptors (Lipinski definition) is 4. The summed E-state index contributed by atoms with van der Waals surface area (Å²) in [5.41, 5.74) is -3.45. The molecule has 0 aliphatic carbocycles. The Morgan fingerprint density at radius 3 is 2.16 bits per heavy atom. The number of benzene rings is 2. The standard InChI is InChI=1S/C19H15BrF6N2O4/c1-10-17(11-4-13(18(21,22)23)7-14(5-11)19(24,25)26)32-9-28(10,31)8-12-6-15(27(29)30)2-3-16(12)20/h2-7,10,17H,8-9H2,1H3/t10-,17-,28?/m0/s1. The van der Waals surface area contributed by atoms with Crippen LogP contribution in [-0.2, 0) is 23.6 Å². The molecule has 0 spiro atoms. The van der Waals surface area contributed by atoms with Gasteiger partial charge in [0.25, 0.3) is 5.69 Å². The molecule has 1 aliphatic heterocycles. The minimum Gasteiger partial charge on any atom is -0.631 e. The maximum atomic E-state index is 13.4. The third kappa shape index (κ3) is 4.90. The van der Waals surface area contributed by atoms with Gasteiger partial charge in [0.15, 0.2) is 6.73 Å². The van der Waals surface area contributed by atoms with Crippen LogP contribution in [0, 0.1) is 15.3 Å². The van der Waals surface area contributed by atoms with Gasteiger partial charge in [-0.3, -0.25) is 10.1 Å². The molecule has 1 unspecified atom stereocenters. The Labute approximate surface area is 185 Å². The van der Waals surface area contributed by atoms with Crippen molar-refractivity contribution in [1.29, 1.82) is 0 Å². The summed E-state index contributed by atoms with van der Waals surface area (Å²) in [7, 11) is 0. The van der Waals surface area contributed by atoms with Gasteiger partial charge in [-0.2, -0.15) is 26.3 Å². The van der Waals surface area contributed by atoms with Crippen molar-refractivity contribution in [2.24, 2.45) is 0 Å². The fourth-order valence-corrected chi connectivity index (χ4v) is 3.87. The number of ether oxygens (including phenoxy) is 1. The number of hydroxylamine groups is 3. The molecule has 2 aromatic rings. The van der Waals surface area contributed by atoms with Gasteiger partial charge in [-0.15, -0.1) is 0 Å². The third-order valence-corrected chi connectivity index (χ3v) is 6.04. The molecule has 6 nitrogen and oxygen atoms in total. The van der Waals surface area contributed by atoms with Crippen molar-refractivity contribution in [1.82, 2.24) is 0 Å². The van der Waals surface area contributed by atoms with Crippen LogP contribution in [0.15, 0.2) is 40.9 Å². The van der Waals surface area contributed by atoms with E-state index in [9.17, 15) is 41.7 Å². The number of alkyl halides is 6. The number of non-ortho nitro benzene ring substituents is 1. The first kappa shape index (κ1) is 24.4. The molecular weight excluding hydrogens is 514 g/mol. The molecule has 1 aliphatic rings. The normalized spacial score (nSPS) is 24.0. The lowest BCUT2D eigenvalue weighted by Gasteiger charge is -2.41. The van der Waals surface area contributed by atoms with Crippen LogP contribution in [0.25, 0.3) is 0 Å². The van der Waals surface area contributed by atoms with E-state index in [0.29, 0.717) is 16.6 Å². The smallest absolute Gasteiger partial charge is 0.416 e. The van der Waals surface area contributed by atoms with Crippen LogP contribution < -0.4 is 0 Å². The molecule has 3 rings (SSSR count). The van der Waals surface area contributed by atoms with Gasteiger partial charge in [-0.25, -0.2) is 0 Å². The monoisotopic (exact) mass is 528 g/mol. The van der Waals surface area contributed by atoms with Gasteiger partial charge in [0.2, 0.25) is 0 Å². The molecule has 174 valence electrons. The summed E-state index contributed by atoms with van der Waals surface area (Å²) >= 11 is 3.19. The molecule has 3 atom stereocenters. The molecular formula is C19H15BrF6N2O4. The van der Waals surface area contributed by atoms with Gasteiger partial charge in [0.1, 0.15) is 18.7 Å². The first-order valence-electron chi connectivity index (χ1n) is 9.03. The van der Waals surface area contributed by atoms with Gasteiger partial charge in [0.05, 0.1) is 16.1 Å². The van der Waals surface area contributed by atoms with E-state index in [4.69, 9.17) is 4.74 Å². The van der Waals surface area contributed by atoms with E-state index in [1.54, 1.807) is 0 Å². The maximum Gasteiger partial charge on any atom is 0.416 e. The number of hydrogen-bond donors (Lipinski definition) is 0. The average Bonchev–Trinajstić information content (AvgIpc) is 2.96. The molecule has 0 radical (unpaired) electrons. The highest BCUT2D eigenvalue weighted by Crippen LogP contribution is 2.43. The Hall–Kier alpha value is -2.22. The lowest BCUT2D eigenvalue weighted by molar-refractivity contribution is -0.912. The quantitative estimate of drug-likeness (QED) is 0.153. The zero-order valence-electron chi connectivity index (χ0n) is 16.2. The van der Waals surface area contributed by atoms with Crippen LogP contribution >= 0.6 is 15.9 Å². The summed E-state index contributed by atoms with van der Waals surface area (Å²) in [5, 5.41) is 24.4. The summed E-state index contributed by atoms with van der Waals surface area (Å²) in [5.74, 6) is 0. The van der Waals surface area contributed by atoms with E-state index in [2.05, 4.69) is 15.9 Å². The highest BCUT2D eigenvalue weighted by molar-refractivity contribution is 9.10. The largest absolute Gasteiger partial charge is 0.631 e. The summed E-state index contributed by atoms with van der Waals surface area (Å²) < 4.78 is 83.7. The average molecular weight is 529 g/mol. The second-order valence-electron chi connectivity index (χ2n) is 7.44. The minimum absolute atomic E-state index is 0.00261. The van der Waals surface area contributed by atoms with Crippen LogP contribution in [0.1, 0.15) is 35.3 Å². The summed E-state index contributed by atoms with van der Waals surface area (Å²) in [4.78, 5) is 10.4. The Kier molecular flexibility index (Phi) is 6.32. The number of rotatable bonds is 4. The fourth-order valence-electron chi connectivity index (χ4n) is 3.50. The molecule has 0 amide bonds. The number of nitrogens with zero attached hydrogens (tertiary/aromatic N) is 2. The molecule has 2 aromatic carbocycles. The first-order chi connectivity index (χ1) is 14.6. The zero-order valence-corrected chi connectivity index (χ0v) is 17.8. The molecule has 0 saturated carbocycles. The predicted molar refractivity (Wildman–Crippen MR) is 103 cm³/mol. The van der Waals surface area contributed by atoms with Gasteiger partial charge >= 0.3 is 12.4 Å². The van der Waals surface area contributed by atoms with Crippen LogP contribution in [0.4, 0.5) is 32.0 Å². The van der Waals surface area contributed by atoms with Gasteiger partial charge in [0, 0.05) is 22.2 Å². The van der Waals surface area contributed by atoms with E-state index in [1.165, 1.54) is 25.1 Å². The van der Waals surface area contributed by atoms with E-state index in [0.717, 1.165) is 0 Å². The maximum absolute atomic E-state index is 13.4. The second-order valence-corrected chi connectivity index (χ2v) is 8.29. The lowest BCUT2D eigenvalue weighted by Crippen LogP contribution is -2.45. The van der Waals surface area contributed by atoms with Crippen molar-refractivity contribution in [2.75, 3.05) is 6.73 Å². The van der Waals surface area contributed by atoms with Gasteiger partial charge in [-0.05, 0) is 36.8 Å². The molecule has 1 fully saturated rings. The Morgan fingerprint density at radius 2 is 1.66 bits per heavy atom. The van der Waals surface area contributed by atoms with Crippen LogP contribution in [0.3, 0.4) is 0 Å². The third-order valence-electron chi connectivity index (χ3n) is 5.27. The van der Waals surface area contributed by atoms with Crippen molar-refractivity contribution in [2.45, 2.75) is 38.0 Å². The number of nitro benzene ring substituents is 1. The Balaban J connectivity index is 1.96. The summed E-state index contributed by atoms with van der Waals surface area (Å²) in [6.45, 7) is 0.451. The van der Waals surface area contributed by atoms with Crippen molar-refractivity contribution in [3.8, 4) is 0 Å². The van der Waals surface area contributed by atoms with Crippen LogP contribution in [0.5, 0.6) is 0 Å². The number of nitro groups is 1. The molecule has 13 heteroatoms. The van der Waals surface area contributed by atoms with Crippen LogP contribution in [0.2, 0.25) is 0 Å². The topological polar surface area (TPSA) is 75.4 Å². The molecule has 1 heterocycles. The summed E-state index contributed by atoms with van der Waals surface area (Å²) in [6.07, 6.45) is -11.4. The molecule has 0 aromatic heterocycles. The van der Waals surface area contributed by atoms with Crippen molar-refractivity contribution in [3.05, 3.63) is 78.4 Å². The molecule has 1 saturated heterocycles. The van der Waals surface area contributed by atoms with Crippen LogP contribution in [-0.4, -0.2) is 22.3 Å². The Bertz CT molecular complexity index is 1010.